The molecule has 1 heterocycles. The number of rotatable bonds is 2. The Morgan fingerprint density at radius 2 is 2.15 bits per heavy atom. The topological polar surface area (TPSA) is 48.7 Å². The Labute approximate surface area is 124 Å². The van der Waals surface area contributed by atoms with Crippen molar-refractivity contribution in [3.8, 4) is 6.07 Å². The maximum absolute atomic E-state index is 13.3. The Hall–Kier alpha value is -1.93. The van der Waals surface area contributed by atoms with Crippen LogP contribution in [0.2, 0.25) is 0 Å². The fourth-order valence-corrected chi connectivity index (χ4v) is 2.72. The molecule has 0 bridgehead atoms. The summed E-state index contributed by atoms with van der Waals surface area (Å²) in [5.74, 6) is 0.148. The Morgan fingerprint density at radius 1 is 1.30 bits per heavy atom. The first kappa shape index (κ1) is 13.1. The number of nitriles is 1. The molecule has 0 unspecified atom stereocenters. The second-order valence-corrected chi connectivity index (χ2v) is 5.56. The highest BCUT2D eigenvalue weighted by molar-refractivity contribution is 9.10. The number of fused-ring (bicyclic) bond motifs is 1. The zero-order chi connectivity index (χ0) is 14.1. The summed E-state index contributed by atoms with van der Waals surface area (Å²) in [6, 6.07) is 8.39. The molecule has 1 aromatic heterocycles. The zero-order valence-electron chi connectivity index (χ0n) is 10.6. The maximum atomic E-state index is 13.3. The van der Waals surface area contributed by atoms with Crippen LogP contribution in [-0.2, 0) is 12.8 Å². The summed E-state index contributed by atoms with van der Waals surface area (Å²) in [6.07, 6.45) is 2.97. The third-order valence-corrected chi connectivity index (χ3v) is 4.04. The first-order chi connectivity index (χ1) is 9.67. The summed E-state index contributed by atoms with van der Waals surface area (Å²) in [5, 5.41) is 12.3. The van der Waals surface area contributed by atoms with Crippen LogP contribution in [0, 0.1) is 17.1 Å². The van der Waals surface area contributed by atoms with Gasteiger partial charge in [0, 0.05) is 10.2 Å². The van der Waals surface area contributed by atoms with Crippen molar-refractivity contribution >= 4 is 27.4 Å². The van der Waals surface area contributed by atoms with Gasteiger partial charge in [0.25, 0.3) is 0 Å². The first-order valence-electron chi connectivity index (χ1n) is 6.32. The van der Waals surface area contributed by atoms with Crippen LogP contribution < -0.4 is 5.32 Å². The molecule has 1 aliphatic rings. The molecule has 0 fully saturated rings. The fraction of sp³-hybridized carbons (Fsp3) is 0.200. The smallest absolute Gasteiger partial charge is 0.148 e. The third-order valence-electron chi connectivity index (χ3n) is 3.35. The molecule has 1 N–H and O–H groups in total. The molecule has 20 heavy (non-hydrogen) atoms. The average molecular weight is 332 g/mol. The minimum atomic E-state index is -0.338. The standard InChI is InChI=1S/C15H11BrFN3/c16-12-5-4-11(17)7-14(12)20-15-10(8-18)6-9-2-1-3-13(9)19-15/h4-7H,1-3H2,(H,19,20). The first-order valence-corrected chi connectivity index (χ1v) is 7.11. The van der Waals surface area contributed by atoms with E-state index in [1.807, 2.05) is 6.07 Å². The minimum Gasteiger partial charge on any atom is -0.338 e. The highest BCUT2D eigenvalue weighted by atomic mass is 79.9. The molecule has 0 aliphatic heterocycles. The zero-order valence-corrected chi connectivity index (χ0v) is 12.2. The molecular weight excluding hydrogens is 321 g/mol. The second kappa shape index (κ2) is 5.22. The quantitative estimate of drug-likeness (QED) is 0.901. The van der Waals surface area contributed by atoms with E-state index in [4.69, 9.17) is 0 Å². The van der Waals surface area contributed by atoms with Gasteiger partial charge in [-0.15, -0.1) is 0 Å². The number of pyridine rings is 1. The number of halogens is 2. The molecule has 0 radical (unpaired) electrons. The van der Waals surface area contributed by atoms with Gasteiger partial charge in [0.15, 0.2) is 0 Å². The van der Waals surface area contributed by atoms with Gasteiger partial charge >= 0.3 is 0 Å². The summed E-state index contributed by atoms with van der Waals surface area (Å²) in [5.41, 5.74) is 3.22. The fourth-order valence-electron chi connectivity index (χ4n) is 2.37. The van der Waals surface area contributed by atoms with Gasteiger partial charge in [-0.2, -0.15) is 5.26 Å². The molecule has 0 saturated carbocycles. The monoisotopic (exact) mass is 331 g/mol. The number of nitrogens with zero attached hydrogens (tertiary/aromatic N) is 2. The normalized spacial score (nSPS) is 12.8. The molecule has 3 nitrogen and oxygen atoms in total. The third kappa shape index (κ3) is 2.39. The lowest BCUT2D eigenvalue weighted by atomic mass is 10.1. The second-order valence-electron chi connectivity index (χ2n) is 4.70. The molecule has 5 heteroatoms. The Morgan fingerprint density at radius 3 is 2.95 bits per heavy atom. The Balaban J connectivity index is 2.02. The molecule has 0 amide bonds. The van der Waals surface area contributed by atoms with Gasteiger partial charge in [0.05, 0.1) is 11.3 Å². The summed E-state index contributed by atoms with van der Waals surface area (Å²) in [4.78, 5) is 4.51. The molecule has 0 atom stereocenters. The Bertz CT molecular complexity index is 722. The van der Waals surface area contributed by atoms with Crippen LogP contribution in [0.1, 0.15) is 23.2 Å². The lowest BCUT2D eigenvalue weighted by molar-refractivity contribution is 0.628. The molecule has 1 aromatic carbocycles. The molecule has 0 spiro atoms. The Kier molecular flexibility index (Phi) is 3.41. The van der Waals surface area contributed by atoms with Gasteiger partial charge in [0.2, 0.25) is 0 Å². The lowest BCUT2D eigenvalue weighted by Crippen LogP contribution is -2.01. The van der Waals surface area contributed by atoms with Crippen molar-refractivity contribution in [2.24, 2.45) is 0 Å². The van der Waals surface area contributed by atoms with E-state index in [9.17, 15) is 9.65 Å². The summed E-state index contributed by atoms with van der Waals surface area (Å²) in [6.45, 7) is 0. The van der Waals surface area contributed by atoms with Crippen LogP contribution in [0.4, 0.5) is 15.9 Å². The van der Waals surface area contributed by atoms with Crippen molar-refractivity contribution in [3.05, 3.63) is 51.4 Å². The molecule has 2 aromatic rings. The average Bonchev–Trinajstić information content (AvgIpc) is 2.89. The van der Waals surface area contributed by atoms with E-state index >= 15 is 0 Å². The maximum Gasteiger partial charge on any atom is 0.148 e. The van der Waals surface area contributed by atoms with Crippen LogP contribution in [-0.4, -0.2) is 4.98 Å². The number of aryl methyl sites for hydroxylation is 2. The van der Waals surface area contributed by atoms with Crippen molar-refractivity contribution in [1.82, 2.24) is 4.98 Å². The van der Waals surface area contributed by atoms with Gasteiger partial charge < -0.3 is 5.32 Å². The van der Waals surface area contributed by atoms with Gasteiger partial charge in [-0.3, -0.25) is 0 Å². The number of hydrogen-bond donors (Lipinski definition) is 1. The van der Waals surface area contributed by atoms with E-state index in [0.717, 1.165) is 35.0 Å². The number of nitrogens with one attached hydrogen (secondary N) is 1. The van der Waals surface area contributed by atoms with Gasteiger partial charge in [0.1, 0.15) is 17.7 Å². The molecular formula is C15H11BrFN3. The van der Waals surface area contributed by atoms with E-state index in [-0.39, 0.29) is 5.82 Å². The van der Waals surface area contributed by atoms with Crippen LogP contribution in [0.15, 0.2) is 28.7 Å². The van der Waals surface area contributed by atoms with Crippen molar-refractivity contribution in [3.63, 3.8) is 0 Å². The largest absolute Gasteiger partial charge is 0.338 e. The van der Waals surface area contributed by atoms with Crippen molar-refractivity contribution in [2.45, 2.75) is 19.3 Å². The van der Waals surface area contributed by atoms with Crippen molar-refractivity contribution in [2.75, 3.05) is 5.32 Å². The summed E-state index contributed by atoms with van der Waals surface area (Å²) in [7, 11) is 0. The van der Waals surface area contributed by atoms with Crippen LogP contribution >= 0.6 is 15.9 Å². The van der Waals surface area contributed by atoms with E-state index in [1.54, 1.807) is 6.07 Å². The molecule has 100 valence electrons. The number of anilines is 2. The highest BCUT2D eigenvalue weighted by Crippen LogP contribution is 2.30. The minimum absolute atomic E-state index is 0.338. The van der Waals surface area contributed by atoms with E-state index in [0.29, 0.717) is 17.1 Å². The predicted octanol–water partition coefficient (Wildman–Crippen LogP) is 4.09. The number of benzene rings is 1. The van der Waals surface area contributed by atoms with Crippen LogP contribution in [0.3, 0.4) is 0 Å². The van der Waals surface area contributed by atoms with E-state index in [1.165, 1.54) is 12.1 Å². The SMILES string of the molecule is N#Cc1cc2c(nc1Nc1cc(F)ccc1Br)CCC2. The van der Waals surface area contributed by atoms with Crippen molar-refractivity contribution in [1.29, 1.82) is 5.26 Å². The lowest BCUT2D eigenvalue weighted by Gasteiger charge is -2.11. The number of hydrogen-bond acceptors (Lipinski definition) is 3. The number of aromatic nitrogens is 1. The van der Waals surface area contributed by atoms with Gasteiger partial charge in [-0.05, 0) is 65.0 Å². The highest BCUT2D eigenvalue weighted by Gasteiger charge is 2.17. The molecule has 3 rings (SSSR count). The molecule has 0 saturated heterocycles. The van der Waals surface area contributed by atoms with Gasteiger partial charge in [-0.1, -0.05) is 0 Å². The summed E-state index contributed by atoms with van der Waals surface area (Å²) < 4.78 is 14.0. The summed E-state index contributed by atoms with van der Waals surface area (Å²) >= 11 is 3.36. The van der Waals surface area contributed by atoms with Crippen molar-refractivity contribution < 1.29 is 4.39 Å². The van der Waals surface area contributed by atoms with E-state index in [2.05, 4.69) is 32.3 Å². The van der Waals surface area contributed by atoms with Crippen LogP contribution in [0.5, 0.6) is 0 Å². The van der Waals surface area contributed by atoms with Gasteiger partial charge in [-0.25, -0.2) is 9.37 Å². The van der Waals surface area contributed by atoms with Crippen LogP contribution in [0.25, 0.3) is 0 Å². The molecule has 1 aliphatic carbocycles. The van der Waals surface area contributed by atoms with E-state index < -0.39 is 0 Å². The predicted molar refractivity (Wildman–Crippen MR) is 78.4 cm³/mol.